The molecule has 1 atom stereocenters. The molecule has 1 heterocycles. The van der Waals surface area contributed by atoms with Gasteiger partial charge in [0.1, 0.15) is 11.5 Å². The third-order valence-corrected chi connectivity index (χ3v) is 5.87. The summed E-state index contributed by atoms with van der Waals surface area (Å²) in [7, 11) is 1.72. The van der Waals surface area contributed by atoms with Crippen LogP contribution in [0.15, 0.2) is 72.8 Å². The molecule has 0 unspecified atom stereocenters. The molecule has 4 nitrogen and oxygen atoms in total. The van der Waals surface area contributed by atoms with Gasteiger partial charge in [0.05, 0.1) is 19.9 Å². The summed E-state index contributed by atoms with van der Waals surface area (Å²) in [6.07, 6.45) is 0.234. The molecule has 162 valence electrons. The van der Waals surface area contributed by atoms with E-state index in [-0.39, 0.29) is 6.17 Å². The number of rotatable bonds is 8. The predicted molar refractivity (Wildman–Crippen MR) is 125 cm³/mol. The monoisotopic (exact) mass is 416 g/mol. The van der Waals surface area contributed by atoms with Crippen LogP contribution < -0.4 is 9.47 Å². The number of benzene rings is 3. The van der Waals surface area contributed by atoms with E-state index < -0.39 is 0 Å². The lowest BCUT2D eigenvalue weighted by Gasteiger charge is -2.31. The zero-order chi connectivity index (χ0) is 21.6. The molecule has 4 heteroatoms. The molecular formula is C27H32N2O2. The first kappa shape index (κ1) is 21.4. The van der Waals surface area contributed by atoms with Crippen LogP contribution in [0.3, 0.4) is 0 Å². The second-order valence-corrected chi connectivity index (χ2v) is 8.15. The fraction of sp³-hybridized carbons (Fsp3) is 0.333. The van der Waals surface area contributed by atoms with E-state index in [1.165, 1.54) is 22.3 Å². The first-order valence-electron chi connectivity index (χ1n) is 11.1. The van der Waals surface area contributed by atoms with Crippen molar-refractivity contribution in [2.45, 2.75) is 33.1 Å². The van der Waals surface area contributed by atoms with E-state index in [0.29, 0.717) is 6.61 Å². The Labute approximate surface area is 186 Å². The number of nitrogens with zero attached hydrogens (tertiary/aromatic N) is 2. The van der Waals surface area contributed by atoms with Crippen molar-refractivity contribution in [1.82, 2.24) is 9.80 Å². The summed E-state index contributed by atoms with van der Waals surface area (Å²) in [5, 5.41) is 0. The second kappa shape index (κ2) is 9.99. The van der Waals surface area contributed by atoms with Crippen molar-refractivity contribution in [3.63, 3.8) is 0 Å². The highest BCUT2D eigenvalue weighted by Gasteiger charge is 2.33. The molecule has 3 aromatic rings. The van der Waals surface area contributed by atoms with Crippen molar-refractivity contribution in [3.05, 3.63) is 95.1 Å². The Kier molecular flexibility index (Phi) is 6.90. The fourth-order valence-corrected chi connectivity index (χ4v) is 4.40. The SMILES string of the molecule is CCOc1ccc(CN2CCN(Cc3cccc(C)c3)[C@@H]2c2ccc(OC)cc2)cc1. The molecule has 0 saturated carbocycles. The van der Waals surface area contributed by atoms with E-state index in [2.05, 4.69) is 89.5 Å². The standard InChI is InChI=1S/C27H32N2O2/c1-4-31-26-12-8-22(9-13-26)19-28-16-17-29(20-23-7-5-6-21(2)18-23)27(28)24-10-14-25(30-3)15-11-24/h5-15,18,27H,4,16-17,19-20H2,1-3H3/t27-/m1/s1. The number of ether oxygens (including phenoxy) is 2. The molecule has 1 aliphatic rings. The van der Waals surface area contributed by atoms with E-state index in [0.717, 1.165) is 37.7 Å². The molecule has 0 amide bonds. The van der Waals surface area contributed by atoms with Gasteiger partial charge in [-0.3, -0.25) is 9.80 Å². The summed E-state index contributed by atoms with van der Waals surface area (Å²) in [6.45, 7) is 8.80. The Morgan fingerprint density at radius 2 is 1.45 bits per heavy atom. The minimum Gasteiger partial charge on any atom is -0.497 e. The van der Waals surface area contributed by atoms with E-state index in [9.17, 15) is 0 Å². The third-order valence-electron chi connectivity index (χ3n) is 5.87. The minimum atomic E-state index is 0.234. The molecule has 0 spiro atoms. The third kappa shape index (κ3) is 5.27. The normalized spacial score (nSPS) is 17.1. The minimum absolute atomic E-state index is 0.234. The van der Waals surface area contributed by atoms with Crippen LogP contribution in [-0.2, 0) is 13.1 Å². The largest absolute Gasteiger partial charge is 0.497 e. The lowest BCUT2D eigenvalue weighted by Crippen LogP contribution is -2.30. The van der Waals surface area contributed by atoms with Gasteiger partial charge in [0.15, 0.2) is 0 Å². The molecule has 0 radical (unpaired) electrons. The zero-order valence-corrected chi connectivity index (χ0v) is 18.8. The Morgan fingerprint density at radius 1 is 0.806 bits per heavy atom. The molecule has 1 fully saturated rings. The highest BCUT2D eigenvalue weighted by molar-refractivity contribution is 5.31. The topological polar surface area (TPSA) is 24.9 Å². The van der Waals surface area contributed by atoms with Crippen LogP contribution in [0.25, 0.3) is 0 Å². The number of hydrogen-bond acceptors (Lipinski definition) is 4. The quantitative estimate of drug-likeness (QED) is 0.490. The molecule has 0 bridgehead atoms. The molecule has 0 aromatic heterocycles. The summed E-state index contributed by atoms with van der Waals surface area (Å²) < 4.78 is 11.0. The Bertz CT molecular complexity index is 969. The lowest BCUT2D eigenvalue weighted by atomic mass is 10.1. The van der Waals surface area contributed by atoms with Gasteiger partial charge in [-0.05, 0) is 54.8 Å². The average molecular weight is 417 g/mol. The zero-order valence-electron chi connectivity index (χ0n) is 18.8. The van der Waals surface area contributed by atoms with E-state index in [1.54, 1.807) is 7.11 Å². The molecule has 1 saturated heterocycles. The van der Waals surface area contributed by atoms with Gasteiger partial charge in [-0.15, -0.1) is 0 Å². The molecule has 1 aliphatic heterocycles. The van der Waals surface area contributed by atoms with Gasteiger partial charge in [-0.25, -0.2) is 0 Å². The molecular weight excluding hydrogens is 384 g/mol. The summed E-state index contributed by atoms with van der Waals surface area (Å²) >= 11 is 0. The predicted octanol–water partition coefficient (Wildman–Crippen LogP) is 5.42. The maximum atomic E-state index is 5.60. The number of hydrogen-bond donors (Lipinski definition) is 0. The maximum absolute atomic E-state index is 5.60. The number of methoxy groups -OCH3 is 1. The summed E-state index contributed by atoms with van der Waals surface area (Å²) in [5.74, 6) is 1.82. The van der Waals surface area contributed by atoms with Crippen molar-refractivity contribution in [3.8, 4) is 11.5 Å². The summed E-state index contributed by atoms with van der Waals surface area (Å²) in [6, 6.07) is 25.9. The van der Waals surface area contributed by atoms with Gasteiger partial charge in [-0.2, -0.15) is 0 Å². The van der Waals surface area contributed by atoms with Crippen LogP contribution in [0.5, 0.6) is 11.5 Å². The molecule has 31 heavy (non-hydrogen) atoms. The van der Waals surface area contributed by atoms with Crippen molar-refractivity contribution < 1.29 is 9.47 Å². The van der Waals surface area contributed by atoms with E-state index in [4.69, 9.17) is 9.47 Å². The van der Waals surface area contributed by atoms with Gasteiger partial charge in [-0.1, -0.05) is 54.1 Å². The van der Waals surface area contributed by atoms with Crippen molar-refractivity contribution in [2.75, 3.05) is 26.8 Å². The second-order valence-electron chi connectivity index (χ2n) is 8.15. The van der Waals surface area contributed by atoms with Crippen LogP contribution in [0.4, 0.5) is 0 Å². The van der Waals surface area contributed by atoms with E-state index >= 15 is 0 Å². The van der Waals surface area contributed by atoms with Gasteiger partial charge >= 0.3 is 0 Å². The molecule has 0 aliphatic carbocycles. The maximum Gasteiger partial charge on any atom is 0.119 e. The van der Waals surface area contributed by atoms with Crippen LogP contribution in [0.1, 0.15) is 35.3 Å². The number of aryl methyl sites for hydroxylation is 1. The first-order valence-corrected chi connectivity index (χ1v) is 11.1. The van der Waals surface area contributed by atoms with E-state index in [1.807, 2.05) is 6.92 Å². The Morgan fingerprint density at radius 3 is 2.06 bits per heavy atom. The first-order chi connectivity index (χ1) is 15.2. The smallest absolute Gasteiger partial charge is 0.119 e. The molecule has 3 aromatic carbocycles. The molecule has 0 N–H and O–H groups in total. The van der Waals surface area contributed by atoms with Gasteiger partial charge in [0.25, 0.3) is 0 Å². The van der Waals surface area contributed by atoms with Gasteiger partial charge < -0.3 is 9.47 Å². The average Bonchev–Trinajstić information content (AvgIpc) is 3.17. The van der Waals surface area contributed by atoms with Crippen molar-refractivity contribution in [1.29, 1.82) is 0 Å². The van der Waals surface area contributed by atoms with Crippen molar-refractivity contribution >= 4 is 0 Å². The van der Waals surface area contributed by atoms with Gasteiger partial charge in [0.2, 0.25) is 0 Å². The van der Waals surface area contributed by atoms with Crippen molar-refractivity contribution in [2.24, 2.45) is 0 Å². The van der Waals surface area contributed by atoms with Crippen LogP contribution >= 0.6 is 0 Å². The lowest BCUT2D eigenvalue weighted by molar-refractivity contribution is 0.125. The summed E-state index contributed by atoms with van der Waals surface area (Å²) in [5.41, 5.74) is 5.28. The van der Waals surface area contributed by atoms with Crippen LogP contribution in [0, 0.1) is 6.92 Å². The molecule has 4 rings (SSSR count). The van der Waals surface area contributed by atoms with Gasteiger partial charge in [0, 0.05) is 26.2 Å². The highest BCUT2D eigenvalue weighted by Crippen LogP contribution is 2.34. The Balaban J connectivity index is 1.57. The Hall–Kier alpha value is -2.82. The highest BCUT2D eigenvalue weighted by atomic mass is 16.5. The van der Waals surface area contributed by atoms with Crippen LogP contribution in [-0.4, -0.2) is 36.6 Å². The fourth-order valence-electron chi connectivity index (χ4n) is 4.40. The van der Waals surface area contributed by atoms with Crippen LogP contribution in [0.2, 0.25) is 0 Å². The summed E-state index contributed by atoms with van der Waals surface area (Å²) in [4.78, 5) is 5.14.